The van der Waals surface area contributed by atoms with Gasteiger partial charge in [0.05, 0.1) is 18.4 Å². The van der Waals surface area contributed by atoms with Gasteiger partial charge in [-0.25, -0.2) is 0 Å². The predicted octanol–water partition coefficient (Wildman–Crippen LogP) is 1.52. The van der Waals surface area contributed by atoms with Crippen LogP contribution in [0.25, 0.3) is 0 Å². The summed E-state index contributed by atoms with van der Waals surface area (Å²) in [5.41, 5.74) is 0. The number of carbonyl (C=O) groups excluding carboxylic acids is 1. The molecule has 21 heavy (non-hydrogen) atoms. The summed E-state index contributed by atoms with van der Waals surface area (Å²) < 4.78 is 0. The Balaban J connectivity index is 2.23. The van der Waals surface area contributed by atoms with E-state index in [0.29, 0.717) is 0 Å². The SMILES string of the molecule is CCC(CC)N(CCO)C(=O)[C@H]1C2C=CC(C2)[C@H]1C(=O)O. The van der Waals surface area contributed by atoms with Crippen molar-refractivity contribution in [3.8, 4) is 0 Å². The molecule has 2 bridgehead atoms. The fourth-order valence-corrected chi connectivity index (χ4v) is 4.00. The molecule has 2 aliphatic carbocycles. The highest BCUT2D eigenvalue weighted by Gasteiger charge is 2.52. The summed E-state index contributed by atoms with van der Waals surface area (Å²) in [6, 6.07) is 0.0715. The number of hydrogen-bond donors (Lipinski definition) is 2. The number of carboxylic acids is 1. The van der Waals surface area contributed by atoms with E-state index in [1.165, 1.54) is 0 Å². The van der Waals surface area contributed by atoms with Gasteiger partial charge in [-0.1, -0.05) is 26.0 Å². The molecule has 1 amide bonds. The van der Waals surface area contributed by atoms with Crippen LogP contribution in [-0.4, -0.2) is 46.2 Å². The number of fused-ring (bicyclic) bond motifs is 2. The van der Waals surface area contributed by atoms with Gasteiger partial charge in [0, 0.05) is 12.6 Å². The molecule has 1 saturated carbocycles. The number of rotatable bonds is 7. The van der Waals surface area contributed by atoms with E-state index in [-0.39, 0.29) is 36.9 Å². The van der Waals surface area contributed by atoms with Crippen molar-refractivity contribution < 1.29 is 19.8 Å². The first-order chi connectivity index (χ1) is 10.0. The number of aliphatic hydroxyl groups excluding tert-OH is 1. The molecule has 5 nitrogen and oxygen atoms in total. The molecule has 1 fully saturated rings. The predicted molar refractivity (Wildman–Crippen MR) is 78.5 cm³/mol. The number of carbonyl (C=O) groups is 2. The Morgan fingerprint density at radius 1 is 1.19 bits per heavy atom. The molecule has 0 aromatic rings. The molecule has 0 spiro atoms. The summed E-state index contributed by atoms with van der Waals surface area (Å²) in [6.45, 7) is 4.23. The molecule has 2 aliphatic rings. The Kier molecular flexibility index (Phi) is 5.04. The maximum absolute atomic E-state index is 12.9. The van der Waals surface area contributed by atoms with E-state index in [1.807, 2.05) is 26.0 Å². The monoisotopic (exact) mass is 295 g/mol. The van der Waals surface area contributed by atoms with Crippen molar-refractivity contribution in [2.75, 3.05) is 13.2 Å². The Hall–Kier alpha value is -1.36. The number of allylic oxidation sites excluding steroid dienone is 2. The number of amides is 1. The number of carboxylic acid groups (broad SMARTS) is 1. The van der Waals surface area contributed by atoms with E-state index in [4.69, 9.17) is 0 Å². The fraction of sp³-hybridized carbons (Fsp3) is 0.750. The molecule has 2 unspecified atom stereocenters. The van der Waals surface area contributed by atoms with E-state index < -0.39 is 17.8 Å². The third kappa shape index (κ3) is 2.84. The van der Waals surface area contributed by atoms with Gasteiger partial charge in [-0.05, 0) is 31.1 Å². The Morgan fingerprint density at radius 2 is 1.76 bits per heavy atom. The Morgan fingerprint density at radius 3 is 2.24 bits per heavy atom. The first-order valence-corrected chi connectivity index (χ1v) is 7.87. The van der Waals surface area contributed by atoms with Gasteiger partial charge < -0.3 is 15.1 Å². The zero-order valence-corrected chi connectivity index (χ0v) is 12.7. The highest BCUT2D eigenvalue weighted by Crippen LogP contribution is 2.49. The molecule has 118 valence electrons. The van der Waals surface area contributed by atoms with Gasteiger partial charge in [0.15, 0.2) is 0 Å². The number of aliphatic hydroxyl groups is 1. The van der Waals surface area contributed by atoms with E-state index in [1.54, 1.807) is 4.90 Å². The van der Waals surface area contributed by atoms with Crippen molar-refractivity contribution >= 4 is 11.9 Å². The van der Waals surface area contributed by atoms with Crippen LogP contribution in [0, 0.1) is 23.7 Å². The van der Waals surface area contributed by atoms with Crippen LogP contribution >= 0.6 is 0 Å². The third-order valence-corrected chi connectivity index (χ3v) is 5.04. The maximum atomic E-state index is 12.9. The minimum atomic E-state index is -0.876. The van der Waals surface area contributed by atoms with Crippen molar-refractivity contribution in [3.05, 3.63) is 12.2 Å². The van der Waals surface area contributed by atoms with Crippen molar-refractivity contribution in [1.29, 1.82) is 0 Å². The summed E-state index contributed by atoms with van der Waals surface area (Å²) in [7, 11) is 0. The van der Waals surface area contributed by atoms with Crippen LogP contribution in [-0.2, 0) is 9.59 Å². The normalized spacial score (nSPS) is 30.1. The largest absolute Gasteiger partial charge is 0.481 e. The summed E-state index contributed by atoms with van der Waals surface area (Å²) in [4.78, 5) is 26.2. The topological polar surface area (TPSA) is 77.8 Å². The average Bonchev–Trinajstić information content (AvgIpc) is 3.07. The zero-order valence-electron chi connectivity index (χ0n) is 12.7. The summed E-state index contributed by atoms with van der Waals surface area (Å²) >= 11 is 0. The molecule has 2 rings (SSSR count). The van der Waals surface area contributed by atoms with Gasteiger partial charge in [0.2, 0.25) is 5.91 Å². The van der Waals surface area contributed by atoms with Gasteiger partial charge in [-0.3, -0.25) is 9.59 Å². The smallest absolute Gasteiger partial charge is 0.307 e. The van der Waals surface area contributed by atoms with Gasteiger partial charge in [-0.2, -0.15) is 0 Å². The van der Waals surface area contributed by atoms with Gasteiger partial charge >= 0.3 is 5.97 Å². The molecule has 0 heterocycles. The van der Waals surface area contributed by atoms with Crippen LogP contribution in [0.15, 0.2) is 12.2 Å². The van der Waals surface area contributed by atoms with Crippen LogP contribution in [0.4, 0.5) is 0 Å². The Bertz CT molecular complexity index is 430. The second-order valence-electron chi connectivity index (χ2n) is 6.06. The molecule has 0 radical (unpaired) electrons. The van der Waals surface area contributed by atoms with Crippen LogP contribution in [0.3, 0.4) is 0 Å². The van der Waals surface area contributed by atoms with Gasteiger partial charge in [-0.15, -0.1) is 0 Å². The zero-order chi connectivity index (χ0) is 15.6. The van der Waals surface area contributed by atoms with E-state index in [0.717, 1.165) is 19.3 Å². The van der Waals surface area contributed by atoms with Crippen molar-refractivity contribution in [2.45, 2.75) is 39.2 Å². The summed E-state index contributed by atoms with van der Waals surface area (Å²) in [5, 5.41) is 18.7. The minimum Gasteiger partial charge on any atom is -0.481 e. The molecule has 0 aromatic heterocycles. The number of nitrogens with zero attached hydrogens (tertiary/aromatic N) is 1. The molecule has 0 saturated heterocycles. The molecule has 2 N–H and O–H groups in total. The number of hydrogen-bond acceptors (Lipinski definition) is 3. The van der Waals surface area contributed by atoms with E-state index in [9.17, 15) is 19.8 Å². The molecular weight excluding hydrogens is 270 g/mol. The highest BCUT2D eigenvalue weighted by molar-refractivity contribution is 5.87. The van der Waals surface area contributed by atoms with Crippen molar-refractivity contribution in [3.63, 3.8) is 0 Å². The standard InChI is InChI=1S/C16H25NO4/c1-3-12(4-2)17(7-8-18)15(19)13-10-5-6-11(9-10)14(13)16(20)21/h5-6,10-14,18H,3-4,7-9H2,1-2H3,(H,20,21)/t10?,11?,13-,14+/m0/s1. The van der Waals surface area contributed by atoms with Crippen LogP contribution < -0.4 is 0 Å². The highest BCUT2D eigenvalue weighted by atomic mass is 16.4. The minimum absolute atomic E-state index is 0.0147. The van der Waals surface area contributed by atoms with Crippen molar-refractivity contribution in [1.82, 2.24) is 4.90 Å². The average molecular weight is 295 g/mol. The van der Waals surface area contributed by atoms with E-state index in [2.05, 4.69) is 0 Å². The van der Waals surface area contributed by atoms with Gasteiger partial charge in [0.1, 0.15) is 0 Å². The summed E-state index contributed by atoms with van der Waals surface area (Å²) in [6.07, 6.45) is 6.34. The molecule has 4 atom stereocenters. The lowest BCUT2D eigenvalue weighted by Crippen LogP contribution is -2.48. The lowest BCUT2D eigenvalue weighted by Gasteiger charge is -2.35. The lowest BCUT2D eigenvalue weighted by molar-refractivity contribution is -0.152. The fourth-order valence-electron chi connectivity index (χ4n) is 4.00. The second-order valence-corrected chi connectivity index (χ2v) is 6.06. The van der Waals surface area contributed by atoms with E-state index >= 15 is 0 Å². The van der Waals surface area contributed by atoms with Crippen LogP contribution in [0.1, 0.15) is 33.1 Å². The Labute approximate surface area is 125 Å². The van der Waals surface area contributed by atoms with Crippen LogP contribution in [0.5, 0.6) is 0 Å². The third-order valence-electron chi connectivity index (χ3n) is 5.04. The van der Waals surface area contributed by atoms with Crippen LogP contribution in [0.2, 0.25) is 0 Å². The molecule has 0 aliphatic heterocycles. The first kappa shape index (κ1) is 16.0. The first-order valence-electron chi connectivity index (χ1n) is 7.87. The van der Waals surface area contributed by atoms with Crippen molar-refractivity contribution in [2.24, 2.45) is 23.7 Å². The lowest BCUT2D eigenvalue weighted by atomic mass is 9.81. The number of aliphatic carboxylic acids is 1. The molecule has 0 aromatic carbocycles. The van der Waals surface area contributed by atoms with Gasteiger partial charge in [0.25, 0.3) is 0 Å². The molecular formula is C16H25NO4. The molecule has 5 heteroatoms. The quantitative estimate of drug-likeness (QED) is 0.698. The second kappa shape index (κ2) is 6.60. The summed E-state index contributed by atoms with van der Waals surface area (Å²) in [5.74, 6) is -2.02. The maximum Gasteiger partial charge on any atom is 0.307 e.